The number of hydrogen-bond acceptors (Lipinski definition) is 4. The van der Waals surface area contributed by atoms with Crippen molar-refractivity contribution in [2.45, 2.75) is 25.8 Å². The number of urea groups is 1. The highest BCUT2D eigenvalue weighted by atomic mass is 16.2. The molecule has 7 nitrogen and oxygen atoms in total. The molecule has 0 aromatic heterocycles. The Morgan fingerprint density at radius 3 is 2.70 bits per heavy atom. The summed E-state index contributed by atoms with van der Waals surface area (Å²) in [5.41, 5.74) is 1.42. The Kier molecular flexibility index (Phi) is 4.18. The number of amides is 4. The zero-order chi connectivity index (χ0) is 16.4. The van der Waals surface area contributed by atoms with E-state index in [0.717, 1.165) is 18.5 Å². The molecule has 1 atom stereocenters. The highest BCUT2D eigenvalue weighted by molar-refractivity contribution is 5.99. The summed E-state index contributed by atoms with van der Waals surface area (Å²) in [7, 11) is 0. The van der Waals surface area contributed by atoms with E-state index in [1.165, 1.54) is 4.90 Å². The summed E-state index contributed by atoms with van der Waals surface area (Å²) in [6.45, 7) is 2.59. The first-order chi connectivity index (χ1) is 11.0. The van der Waals surface area contributed by atoms with Gasteiger partial charge in [-0.3, -0.25) is 14.5 Å². The molecule has 0 bridgehead atoms. The molecular formula is C16H20N4O3. The lowest BCUT2D eigenvalue weighted by molar-refractivity contribution is -0.128. The molecule has 1 aliphatic carbocycles. The van der Waals surface area contributed by atoms with E-state index in [1.54, 1.807) is 13.0 Å². The second kappa shape index (κ2) is 6.28. The highest BCUT2D eigenvalue weighted by Crippen LogP contribution is 2.30. The number of imide groups is 1. The molecule has 1 saturated carbocycles. The number of nitrogens with one attached hydrogen (secondary N) is 3. The fraction of sp³-hybridized carbons (Fsp3) is 0.438. The van der Waals surface area contributed by atoms with Crippen LogP contribution < -0.4 is 16.0 Å². The Labute approximate surface area is 134 Å². The van der Waals surface area contributed by atoms with Gasteiger partial charge in [0.1, 0.15) is 6.04 Å². The lowest BCUT2D eigenvalue weighted by Crippen LogP contribution is -2.43. The average Bonchev–Trinajstić information content (AvgIpc) is 3.29. The number of anilines is 2. The molecule has 0 radical (unpaired) electrons. The van der Waals surface area contributed by atoms with E-state index in [1.807, 2.05) is 18.2 Å². The molecule has 7 heteroatoms. The molecule has 3 N–H and O–H groups in total. The van der Waals surface area contributed by atoms with Crippen LogP contribution in [0, 0.1) is 5.92 Å². The van der Waals surface area contributed by atoms with Crippen molar-refractivity contribution in [1.82, 2.24) is 10.2 Å². The predicted molar refractivity (Wildman–Crippen MR) is 86.0 cm³/mol. The van der Waals surface area contributed by atoms with E-state index in [-0.39, 0.29) is 23.8 Å². The van der Waals surface area contributed by atoms with Crippen molar-refractivity contribution in [3.8, 4) is 0 Å². The SMILES string of the molecule is C[C@@H](Nc1cccc(NC(=O)C2CC2)c1)C(=O)N1CCNC1=O. The van der Waals surface area contributed by atoms with Crippen molar-refractivity contribution in [3.05, 3.63) is 24.3 Å². The molecule has 23 heavy (non-hydrogen) atoms. The number of carbonyl (C=O) groups excluding carboxylic acids is 3. The van der Waals surface area contributed by atoms with E-state index in [2.05, 4.69) is 16.0 Å². The van der Waals surface area contributed by atoms with Gasteiger partial charge in [-0.15, -0.1) is 0 Å². The third-order valence-corrected chi connectivity index (χ3v) is 3.95. The molecule has 1 aromatic rings. The Hall–Kier alpha value is -2.57. The minimum atomic E-state index is -0.534. The highest BCUT2D eigenvalue weighted by Gasteiger charge is 2.30. The maximum atomic E-state index is 12.3. The fourth-order valence-corrected chi connectivity index (χ4v) is 2.50. The zero-order valence-electron chi connectivity index (χ0n) is 13.0. The molecule has 1 heterocycles. The lowest BCUT2D eigenvalue weighted by atomic mass is 10.2. The minimum Gasteiger partial charge on any atom is -0.374 e. The van der Waals surface area contributed by atoms with Crippen molar-refractivity contribution < 1.29 is 14.4 Å². The number of benzene rings is 1. The summed E-state index contributed by atoms with van der Waals surface area (Å²) in [6, 6.07) is 6.34. The maximum absolute atomic E-state index is 12.3. The first kappa shape index (κ1) is 15.3. The zero-order valence-corrected chi connectivity index (χ0v) is 13.0. The third kappa shape index (κ3) is 3.61. The van der Waals surface area contributed by atoms with Crippen molar-refractivity contribution >= 4 is 29.2 Å². The van der Waals surface area contributed by atoms with Crippen LogP contribution >= 0.6 is 0 Å². The first-order valence-corrected chi connectivity index (χ1v) is 7.81. The Balaban J connectivity index is 1.61. The van der Waals surface area contributed by atoms with E-state index in [9.17, 15) is 14.4 Å². The molecule has 2 aliphatic rings. The standard InChI is InChI=1S/C16H20N4O3/c1-10(15(22)20-8-7-17-16(20)23)18-12-3-2-4-13(9-12)19-14(21)11-5-6-11/h2-4,9-11,18H,5-8H2,1H3,(H,17,23)(H,19,21)/t10-/m1/s1. The summed E-state index contributed by atoms with van der Waals surface area (Å²) in [5.74, 6) is -0.0896. The van der Waals surface area contributed by atoms with Gasteiger partial charge < -0.3 is 16.0 Å². The van der Waals surface area contributed by atoms with Gasteiger partial charge in [0.2, 0.25) is 5.91 Å². The van der Waals surface area contributed by atoms with E-state index in [0.29, 0.717) is 18.8 Å². The molecule has 4 amide bonds. The smallest absolute Gasteiger partial charge is 0.324 e. The number of nitrogens with zero attached hydrogens (tertiary/aromatic N) is 1. The summed E-state index contributed by atoms with van der Waals surface area (Å²) in [6.07, 6.45) is 1.90. The van der Waals surface area contributed by atoms with Gasteiger partial charge in [0, 0.05) is 30.4 Å². The van der Waals surface area contributed by atoms with Gasteiger partial charge in [0.05, 0.1) is 0 Å². The average molecular weight is 316 g/mol. The predicted octanol–water partition coefficient (Wildman–Crippen LogP) is 1.39. The quantitative estimate of drug-likeness (QED) is 0.765. The number of carbonyl (C=O) groups is 3. The van der Waals surface area contributed by atoms with Crippen molar-refractivity contribution in [3.63, 3.8) is 0 Å². The normalized spacial score (nSPS) is 18.3. The van der Waals surface area contributed by atoms with Gasteiger partial charge >= 0.3 is 6.03 Å². The monoisotopic (exact) mass is 316 g/mol. The Morgan fingerprint density at radius 2 is 2.04 bits per heavy atom. The molecule has 1 aromatic carbocycles. The van der Waals surface area contributed by atoms with Gasteiger partial charge in [-0.05, 0) is 38.0 Å². The summed E-state index contributed by atoms with van der Waals surface area (Å²) in [4.78, 5) is 36.8. The van der Waals surface area contributed by atoms with Crippen LogP contribution in [-0.2, 0) is 9.59 Å². The topological polar surface area (TPSA) is 90.5 Å². The van der Waals surface area contributed by atoms with Crippen LogP contribution in [0.3, 0.4) is 0 Å². The molecule has 122 valence electrons. The molecular weight excluding hydrogens is 296 g/mol. The van der Waals surface area contributed by atoms with Crippen molar-refractivity contribution in [2.24, 2.45) is 5.92 Å². The third-order valence-electron chi connectivity index (χ3n) is 3.95. The van der Waals surface area contributed by atoms with Crippen LogP contribution in [0.2, 0.25) is 0 Å². The number of hydrogen-bond donors (Lipinski definition) is 3. The molecule has 0 unspecified atom stereocenters. The molecule has 1 saturated heterocycles. The summed E-state index contributed by atoms with van der Waals surface area (Å²) < 4.78 is 0. The Bertz CT molecular complexity index is 642. The van der Waals surface area contributed by atoms with Gasteiger partial charge in [-0.25, -0.2) is 4.79 Å². The summed E-state index contributed by atoms with van der Waals surface area (Å²) in [5, 5.41) is 8.55. The number of rotatable bonds is 5. The van der Waals surface area contributed by atoms with Gasteiger partial charge in [-0.2, -0.15) is 0 Å². The maximum Gasteiger partial charge on any atom is 0.324 e. The minimum absolute atomic E-state index is 0.0417. The fourth-order valence-electron chi connectivity index (χ4n) is 2.50. The van der Waals surface area contributed by atoms with Gasteiger partial charge in [-0.1, -0.05) is 6.07 Å². The summed E-state index contributed by atoms with van der Waals surface area (Å²) >= 11 is 0. The van der Waals surface area contributed by atoms with Crippen LogP contribution in [0.5, 0.6) is 0 Å². The van der Waals surface area contributed by atoms with Crippen LogP contribution in [-0.4, -0.2) is 41.9 Å². The second-order valence-electron chi connectivity index (χ2n) is 5.93. The Morgan fingerprint density at radius 1 is 1.30 bits per heavy atom. The molecule has 1 aliphatic heterocycles. The van der Waals surface area contributed by atoms with Gasteiger partial charge in [0.15, 0.2) is 0 Å². The van der Waals surface area contributed by atoms with Crippen LogP contribution in [0.1, 0.15) is 19.8 Å². The lowest BCUT2D eigenvalue weighted by Gasteiger charge is -2.20. The van der Waals surface area contributed by atoms with Gasteiger partial charge in [0.25, 0.3) is 5.91 Å². The van der Waals surface area contributed by atoms with Crippen LogP contribution in [0.4, 0.5) is 16.2 Å². The van der Waals surface area contributed by atoms with Crippen LogP contribution in [0.15, 0.2) is 24.3 Å². The van der Waals surface area contributed by atoms with Crippen molar-refractivity contribution in [1.29, 1.82) is 0 Å². The second-order valence-corrected chi connectivity index (χ2v) is 5.93. The molecule has 3 rings (SSSR count). The molecule has 2 fully saturated rings. The largest absolute Gasteiger partial charge is 0.374 e. The van der Waals surface area contributed by atoms with E-state index < -0.39 is 6.04 Å². The molecule has 0 spiro atoms. The van der Waals surface area contributed by atoms with E-state index >= 15 is 0 Å². The van der Waals surface area contributed by atoms with E-state index in [4.69, 9.17) is 0 Å². The van der Waals surface area contributed by atoms with Crippen molar-refractivity contribution in [2.75, 3.05) is 23.7 Å². The van der Waals surface area contributed by atoms with Crippen LogP contribution in [0.25, 0.3) is 0 Å². The first-order valence-electron chi connectivity index (χ1n) is 7.81.